The van der Waals surface area contributed by atoms with E-state index in [4.69, 9.17) is 9.47 Å². The molecule has 8 heteroatoms. The lowest BCUT2D eigenvalue weighted by Gasteiger charge is -2.24. The van der Waals surface area contributed by atoms with Gasteiger partial charge < -0.3 is 24.5 Å². The van der Waals surface area contributed by atoms with Crippen molar-refractivity contribution in [1.82, 2.24) is 9.88 Å². The second kappa shape index (κ2) is 11.6. The largest absolute Gasteiger partial charge is 0.481 e. The van der Waals surface area contributed by atoms with Gasteiger partial charge in [-0.2, -0.15) is 0 Å². The van der Waals surface area contributed by atoms with Gasteiger partial charge in [-0.1, -0.05) is 62.2 Å². The number of carbonyl (C=O) groups is 2. The molecule has 8 nitrogen and oxygen atoms in total. The third-order valence-electron chi connectivity index (χ3n) is 6.21. The summed E-state index contributed by atoms with van der Waals surface area (Å²) in [7, 11) is 0. The zero-order chi connectivity index (χ0) is 25.5. The highest BCUT2D eigenvalue weighted by Gasteiger charge is 2.27. The Labute approximate surface area is 209 Å². The van der Waals surface area contributed by atoms with Gasteiger partial charge >= 0.3 is 5.97 Å². The number of fused-ring (bicyclic) bond motifs is 1. The molecule has 0 saturated heterocycles. The molecule has 2 heterocycles. The number of rotatable bonds is 11. The average Bonchev–Trinajstić information content (AvgIpc) is 3.34. The summed E-state index contributed by atoms with van der Waals surface area (Å²) in [6.07, 6.45) is 4.10. The molecule has 0 aliphatic carbocycles. The lowest BCUT2D eigenvalue weighted by atomic mass is 10.0. The van der Waals surface area contributed by atoms with Crippen molar-refractivity contribution in [1.29, 1.82) is 0 Å². The normalized spacial score (nSPS) is 13.7. The SMILES string of the molecule is CCCCC(C(=O)N[C@@H](CC(=O)O)c1ccc2c(c1)OCO2)n1cc(Cc2ccccc2)ccc1=O. The molecule has 0 saturated carbocycles. The van der Waals surface area contributed by atoms with Crippen LogP contribution in [0.2, 0.25) is 0 Å². The lowest BCUT2D eigenvalue weighted by Crippen LogP contribution is -2.39. The maximum absolute atomic E-state index is 13.6. The van der Waals surface area contributed by atoms with Crippen LogP contribution >= 0.6 is 0 Å². The van der Waals surface area contributed by atoms with E-state index >= 15 is 0 Å². The van der Waals surface area contributed by atoms with Crippen LogP contribution < -0.4 is 20.3 Å². The highest BCUT2D eigenvalue weighted by Crippen LogP contribution is 2.35. The fourth-order valence-electron chi connectivity index (χ4n) is 4.35. The van der Waals surface area contributed by atoms with Crippen LogP contribution in [0.1, 0.15) is 61.4 Å². The predicted molar refractivity (Wildman–Crippen MR) is 134 cm³/mol. The molecule has 188 valence electrons. The van der Waals surface area contributed by atoms with E-state index in [1.807, 2.05) is 37.3 Å². The molecule has 0 spiro atoms. The third kappa shape index (κ3) is 6.13. The summed E-state index contributed by atoms with van der Waals surface area (Å²) < 4.78 is 12.2. The van der Waals surface area contributed by atoms with Crippen molar-refractivity contribution in [3.63, 3.8) is 0 Å². The lowest BCUT2D eigenvalue weighted by molar-refractivity contribution is -0.138. The topological polar surface area (TPSA) is 107 Å². The van der Waals surface area contributed by atoms with E-state index in [0.717, 1.165) is 24.0 Å². The second-order valence-electron chi connectivity index (χ2n) is 8.87. The molecule has 3 aromatic rings. The first-order chi connectivity index (χ1) is 17.4. The highest BCUT2D eigenvalue weighted by atomic mass is 16.7. The number of pyridine rings is 1. The van der Waals surface area contributed by atoms with Crippen LogP contribution in [0.25, 0.3) is 0 Å². The van der Waals surface area contributed by atoms with E-state index in [-0.39, 0.29) is 18.8 Å². The maximum Gasteiger partial charge on any atom is 0.305 e. The minimum atomic E-state index is -1.05. The minimum absolute atomic E-state index is 0.0933. The number of hydrogen-bond acceptors (Lipinski definition) is 5. The number of amides is 1. The molecular formula is C28H30N2O6. The molecule has 1 unspecified atom stereocenters. The van der Waals surface area contributed by atoms with Gasteiger partial charge in [0.15, 0.2) is 11.5 Å². The molecule has 2 N–H and O–H groups in total. The van der Waals surface area contributed by atoms with Gasteiger partial charge in [0.25, 0.3) is 5.56 Å². The minimum Gasteiger partial charge on any atom is -0.481 e. The van der Waals surface area contributed by atoms with E-state index < -0.39 is 24.0 Å². The summed E-state index contributed by atoms with van der Waals surface area (Å²) in [5.74, 6) is -0.373. The second-order valence-corrected chi connectivity index (χ2v) is 8.87. The van der Waals surface area contributed by atoms with Gasteiger partial charge in [0.2, 0.25) is 12.7 Å². The monoisotopic (exact) mass is 490 g/mol. The van der Waals surface area contributed by atoms with Crippen molar-refractivity contribution in [2.45, 2.75) is 51.1 Å². The van der Waals surface area contributed by atoms with Crippen LogP contribution in [-0.4, -0.2) is 28.3 Å². The highest BCUT2D eigenvalue weighted by molar-refractivity contribution is 5.81. The van der Waals surface area contributed by atoms with Crippen LogP contribution in [0.4, 0.5) is 0 Å². The summed E-state index contributed by atoms with van der Waals surface area (Å²) >= 11 is 0. The third-order valence-corrected chi connectivity index (χ3v) is 6.21. The zero-order valence-corrected chi connectivity index (χ0v) is 20.2. The Morgan fingerprint density at radius 1 is 1.03 bits per heavy atom. The molecule has 4 rings (SSSR count). The molecule has 1 aromatic heterocycles. The molecule has 1 aliphatic heterocycles. The van der Waals surface area contributed by atoms with Crippen molar-refractivity contribution < 1.29 is 24.2 Å². The Morgan fingerprint density at radius 2 is 1.81 bits per heavy atom. The maximum atomic E-state index is 13.6. The standard InChI is InChI=1S/C28H30N2O6/c1-2-3-9-23(30-17-20(10-13-26(30)31)14-19-7-5-4-6-8-19)28(34)29-22(16-27(32)33)21-11-12-24-25(15-21)36-18-35-24/h4-8,10-13,15,17,22-23H,2-3,9,14,16,18H2,1H3,(H,29,34)(H,32,33)/t22-,23?/m0/s1. The predicted octanol–water partition coefficient (Wildman–Crippen LogP) is 4.23. The molecule has 0 fully saturated rings. The van der Waals surface area contributed by atoms with Crippen molar-refractivity contribution in [2.24, 2.45) is 0 Å². The molecule has 36 heavy (non-hydrogen) atoms. The van der Waals surface area contributed by atoms with Crippen molar-refractivity contribution in [2.75, 3.05) is 6.79 Å². The van der Waals surface area contributed by atoms with Crippen LogP contribution in [-0.2, 0) is 16.0 Å². The number of ether oxygens (including phenoxy) is 2. The quantitative estimate of drug-likeness (QED) is 0.417. The number of nitrogens with one attached hydrogen (secondary N) is 1. The van der Waals surface area contributed by atoms with Gasteiger partial charge in [0, 0.05) is 12.3 Å². The Bertz CT molecular complexity index is 1270. The van der Waals surface area contributed by atoms with Crippen LogP contribution in [0.5, 0.6) is 11.5 Å². The van der Waals surface area contributed by atoms with Crippen molar-refractivity contribution in [3.8, 4) is 11.5 Å². The summed E-state index contributed by atoms with van der Waals surface area (Å²) in [5.41, 5.74) is 2.32. The average molecular weight is 491 g/mol. The Balaban J connectivity index is 1.61. The summed E-state index contributed by atoms with van der Waals surface area (Å²) in [4.78, 5) is 38.0. The van der Waals surface area contributed by atoms with Gasteiger partial charge in [0.05, 0.1) is 12.5 Å². The number of carbonyl (C=O) groups excluding carboxylic acids is 1. The van der Waals surface area contributed by atoms with Crippen LogP contribution in [0.3, 0.4) is 0 Å². The smallest absolute Gasteiger partial charge is 0.305 e. The number of benzene rings is 2. The first kappa shape index (κ1) is 25.0. The van der Waals surface area contributed by atoms with Crippen LogP contribution in [0.15, 0.2) is 71.7 Å². The fourth-order valence-corrected chi connectivity index (χ4v) is 4.35. The van der Waals surface area contributed by atoms with E-state index in [9.17, 15) is 19.5 Å². The number of hydrogen-bond donors (Lipinski definition) is 2. The zero-order valence-electron chi connectivity index (χ0n) is 20.2. The van der Waals surface area contributed by atoms with Crippen molar-refractivity contribution >= 4 is 11.9 Å². The Hall–Kier alpha value is -4.07. The molecular weight excluding hydrogens is 460 g/mol. The first-order valence-electron chi connectivity index (χ1n) is 12.1. The Kier molecular flexibility index (Phi) is 8.05. The van der Waals surface area contributed by atoms with Gasteiger partial charge in [-0.15, -0.1) is 0 Å². The molecule has 1 aliphatic rings. The molecule has 0 bridgehead atoms. The van der Waals surface area contributed by atoms with Gasteiger partial charge in [-0.05, 0) is 41.7 Å². The Morgan fingerprint density at radius 3 is 2.56 bits per heavy atom. The number of aromatic nitrogens is 1. The molecule has 1 amide bonds. The van der Waals surface area contributed by atoms with E-state index in [2.05, 4.69) is 5.32 Å². The first-order valence-corrected chi connectivity index (χ1v) is 12.1. The molecule has 2 atom stereocenters. The number of carboxylic acid groups (broad SMARTS) is 1. The van der Waals surface area contributed by atoms with E-state index in [0.29, 0.717) is 29.9 Å². The summed E-state index contributed by atoms with van der Waals surface area (Å²) in [6.45, 7) is 2.11. The number of unbranched alkanes of at least 4 members (excludes halogenated alkanes) is 1. The fraction of sp³-hybridized carbons (Fsp3) is 0.321. The van der Waals surface area contributed by atoms with Gasteiger partial charge in [-0.25, -0.2) is 0 Å². The molecule has 0 radical (unpaired) electrons. The van der Waals surface area contributed by atoms with Gasteiger partial charge in [0.1, 0.15) is 6.04 Å². The summed E-state index contributed by atoms with van der Waals surface area (Å²) in [6, 6.07) is 16.7. The van der Waals surface area contributed by atoms with E-state index in [1.54, 1.807) is 30.5 Å². The number of aliphatic carboxylic acids is 1. The molecule has 2 aromatic carbocycles. The van der Waals surface area contributed by atoms with E-state index in [1.165, 1.54) is 10.6 Å². The summed E-state index contributed by atoms with van der Waals surface area (Å²) in [5, 5.41) is 12.4. The van der Waals surface area contributed by atoms with Crippen LogP contribution in [0, 0.1) is 0 Å². The number of nitrogens with zero attached hydrogens (tertiary/aromatic N) is 1. The number of carboxylic acids is 1. The van der Waals surface area contributed by atoms with Crippen molar-refractivity contribution in [3.05, 3.63) is 93.9 Å². The van der Waals surface area contributed by atoms with Gasteiger partial charge in [-0.3, -0.25) is 14.4 Å².